The number of aromatic hydroxyl groups is 1. The molecule has 0 saturated carbocycles. The van der Waals surface area contributed by atoms with Crippen LogP contribution in [0.2, 0.25) is 0 Å². The van der Waals surface area contributed by atoms with Gasteiger partial charge in [0.05, 0.1) is 18.8 Å². The molecular formula is C23H33N5O5. The number of ether oxygens (including phenoxy) is 2. The maximum Gasteiger partial charge on any atom is 0.322 e. The molecule has 180 valence electrons. The van der Waals surface area contributed by atoms with E-state index in [-0.39, 0.29) is 31.1 Å². The number of nitrogens with zero attached hydrogens (tertiary/aromatic N) is 1. The maximum absolute atomic E-state index is 13.0. The van der Waals surface area contributed by atoms with E-state index in [1.165, 1.54) is 11.0 Å². The first-order valence-corrected chi connectivity index (χ1v) is 10.8. The zero-order chi connectivity index (χ0) is 24.2. The summed E-state index contributed by atoms with van der Waals surface area (Å²) in [6.07, 6.45) is -0.633. The van der Waals surface area contributed by atoms with Gasteiger partial charge in [-0.2, -0.15) is 0 Å². The second-order valence-corrected chi connectivity index (χ2v) is 7.08. The molecule has 0 unspecified atom stereocenters. The Morgan fingerprint density at radius 2 is 1.61 bits per heavy atom. The van der Waals surface area contributed by atoms with Crippen molar-refractivity contribution in [3.8, 4) is 5.75 Å². The predicted octanol–water partition coefficient (Wildman–Crippen LogP) is 1.86. The van der Waals surface area contributed by atoms with Crippen molar-refractivity contribution in [1.82, 2.24) is 5.32 Å². The zero-order valence-corrected chi connectivity index (χ0v) is 19.0. The van der Waals surface area contributed by atoms with E-state index in [0.717, 1.165) is 11.1 Å². The Hall–Kier alpha value is -3.18. The fraction of sp³-hybridized carbons (Fsp3) is 0.391. The molecule has 0 aliphatic heterocycles. The number of anilines is 2. The molecule has 0 heterocycles. The van der Waals surface area contributed by atoms with E-state index in [9.17, 15) is 14.7 Å². The van der Waals surface area contributed by atoms with Gasteiger partial charge in [-0.15, -0.1) is 0 Å². The van der Waals surface area contributed by atoms with Crippen LogP contribution in [0.15, 0.2) is 42.5 Å². The number of carbonyl (C=O) groups is 2. The summed E-state index contributed by atoms with van der Waals surface area (Å²) < 4.78 is 11.2. The number of carbonyl (C=O) groups excluding carboxylic acids is 2. The van der Waals surface area contributed by atoms with E-state index >= 15 is 0 Å². The lowest BCUT2D eigenvalue weighted by Gasteiger charge is -2.27. The number of benzene rings is 2. The quantitative estimate of drug-likeness (QED) is 0.240. The van der Waals surface area contributed by atoms with Crippen molar-refractivity contribution < 1.29 is 24.2 Å². The molecule has 2 aromatic rings. The van der Waals surface area contributed by atoms with Gasteiger partial charge in [0.25, 0.3) is 0 Å². The Kier molecular flexibility index (Phi) is 10.6. The number of phenols is 1. The number of hydrogen-bond acceptors (Lipinski definition) is 7. The number of nitrogens with two attached hydrogens (primary N) is 2. The van der Waals surface area contributed by atoms with Crippen molar-refractivity contribution in [2.75, 3.05) is 36.5 Å². The highest BCUT2D eigenvalue weighted by atomic mass is 16.7. The van der Waals surface area contributed by atoms with Crippen LogP contribution in [0.4, 0.5) is 16.2 Å². The first kappa shape index (κ1) is 26.1. The van der Waals surface area contributed by atoms with Crippen LogP contribution in [0, 0.1) is 0 Å². The summed E-state index contributed by atoms with van der Waals surface area (Å²) in [4.78, 5) is 26.8. The Morgan fingerprint density at radius 3 is 2.15 bits per heavy atom. The summed E-state index contributed by atoms with van der Waals surface area (Å²) in [5.74, 6) is -0.598. The Labute approximate surface area is 193 Å². The molecule has 10 nitrogen and oxygen atoms in total. The van der Waals surface area contributed by atoms with Crippen LogP contribution in [-0.4, -0.2) is 49.6 Å². The van der Waals surface area contributed by atoms with E-state index < -0.39 is 18.2 Å². The van der Waals surface area contributed by atoms with Crippen LogP contribution < -0.4 is 27.0 Å². The number of rotatable bonds is 12. The van der Waals surface area contributed by atoms with E-state index in [2.05, 4.69) is 10.6 Å². The van der Waals surface area contributed by atoms with Gasteiger partial charge in [-0.1, -0.05) is 18.2 Å². The Morgan fingerprint density at radius 1 is 1.00 bits per heavy atom. The minimum absolute atomic E-state index is 0.101. The highest BCUT2D eigenvalue weighted by molar-refractivity contribution is 5.98. The lowest BCUT2D eigenvalue weighted by atomic mass is 10.2. The average Bonchev–Trinajstić information content (AvgIpc) is 2.82. The van der Waals surface area contributed by atoms with Crippen molar-refractivity contribution in [3.05, 3.63) is 53.6 Å². The van der Waals surface area contributed by atoms with Crippen LogP contribution in [-0.2, 0) is 27.4 Å². The second kappa shape index (κ2) is 13.4. The third-order valence-electron chi connectivity index (χ3n) is 4.74. The normalized spacial score (nSPS) is 10.8. The van der Waals surface area contributed by atoms with Gasteiger partial charge >= 0.3 is 6.03 Å². The molecule has 0 aromatic heterocycles. The third-order valence-corrected chi connectivity index (χ3v) is 4.74. The summed E-state index contributed by atoms with van der Waals surface area (Å²) in [6, 6.07) is 11.4. The molecule has 33 heavy (non-hydrogen) atoms. The SMILES string of the molecule is CCOC(CN(C(=O)NCC(=O)Nc1ccc(CN)cc1O)c1ccc(CN)cc1)OCC. The Bertz CT molecular complexity index is 901. The van der Waals surface area contributed by atoms with Gasteiger partial charge in [-0.3, -0.25) is 9.69 Å². The van der Waals surface area contributed by atoms with E-state index in [4.69, 9.17) is 20.9 Å². The number of nitrogens with one attached hydrogen (secondary N) is 2. The molecule has 3 amide bonds. The summed E-state index contributed by atoms with van der Waals surface area (Å²) in [6.45, 7) is 4.98. The molecule has 2 rings (SSSR count). The molecule has 0 atom stereocenters. The summed E-state index contributed by atoms with van der Waals surface area (Å²) in [7, 11) is 0. The topological polar surface area (TPSA) is 152 Å². The van der Waals surface area contributed by atoms with Crippen LogP contribution in [0.5, 0.6) is 5.75 Å². The number of hydrogen-bond donors (Lipinski definition) is 5. The van der Waals surface area contributed by atoms with Crippen molar-refractivity contribution >= 4 is 23.3 Å². The van der Waals surface area contributed by atoms with Crippen LogP contribution in [0.1, 0.15) is 25.0 Å². The highest BCUT2D eigenvalue weighted by Crippen LogP contribution is 2.24. The fourth-order valence-electron chi connectivity index (χ4n) is 3.05. The van der Waals surface area contributed by atoms with Gasteiger partial charge in [0.1, 0.15) is 5.75 Å². The first-order valence-electron chi connectivity index (χ1n) is 10.8. The summed E-state index contributed by atoms with van der Waals surface area (Å²) in [5.41, 5.74) is 13.7. The van der Waals surface area contributed by atoms with Gasteiger partial charge in [0, 0.05) is 32.0 Å². The monoisotopic (exact) mass is 459 g/mol. The predicted molar refractivity (Wildman–Crippen MR) is 127 cm³/mol. The second-order valence-electron chi connectivity index (χ2n) is 7.08. The largest absolute Gasteiger partial charge is 0.506 e. The smallest absolute Gasteiger partial charge is 0.322 e. The number of urea groups is 1. The van der Waals surface area contributed by atoms with Crippen molar-refractivity contribution in [2.45, 2.75) is 33.2 Å². The zero-order valence-electron chi connectivity index (χ0n) is 19.0. The number of phenolic OH excluding ortho intramolecular Hbond substituents is 1. The average molecular weight is 460 g/mol. The molecule has 0 radical (unpaired) electrons. The molecule has 0 fully saturated rings. The minimum Gasteiger partial charge on any atom is -0.506 e. The summed E-state index contributed by atoms with van der Waals surface area (Å²) in [5, 5.41) is 15.2. The van der Waals surface area contributed by atoms with Crippen molar-refractivity contribution in [2.24, 2.45) is 11.5 Å². The van der Waals surface area contributed by atoms with Crippen LogP contribution in [0.25, 0.3) is 0 Å². The van der Waals surface area contributed by atoms with Gasteiger partial charge in [-0.25, -0.2) is 4.79 Å². The molecule has 10 heteroatoms. The van der Waals surface area contributed by atoms with Crippen LogP contribution >= 0.6 is 0 Å². The maximum atomic E-state index is 13.0. The molecule has 0 spiro atoms. The molecule has 0 saturated heterocycles. The lowest BCUT2D eigenvalue weighted by molar-refractivity contribution is -0.128. The molecule has 0 aliphatic rings. The minimum atomic E-state index is -0.633. The number of amides is 3. The van der Waals surface area contributed by atoms with E-state index in [1.54, 1.807) is 24.3 Å². The standard InChI is InChI=1S/C23H33N5O5/c1-3-32-22(33-4-2)15-28(18-8-5-16(12-24)6-9-18)23(31)26-14-21(30)27-19-10-7-17(13-25)11-20(19)29/h5-11,22,29H,3-4,12-15,24-25H2,1-2H3,(H,26,31)(H,27,30). The molecule has 7 N–H and O–H groups in total. The van der Waals surface area contributed by atoms with Gasteiger partial charge in [0.15, 0.2) is 6.29 Å². The molecule has 2 aromatic carbocycles. The van der Waals surface area contributed by atoms with Gasteiger partial charge in [-0.05, 0) is 49.2 Å². The Balaban J connectivity index is 2.08. The molecule has 0 bridgehead atoms. The highest BCUT2D eigenvalue weighted by Gasteiger charge is 2.22. The first-order chi connectivity index (χ1) is 15.9. The van der Waals surface area contributed by atoms with Gasteiger partial charge in [0.2, 0.25) is 5.91 Å². The third kappa shape index (κ3) is 8.03. The molecular weight excluding hydrogens is 426 g/mol. The van der Waals surface area contributed by atoms with E-state index in [0.29, 0.717) is 25.4 Å². The fourth-order valence-corrected chi connectivity index (χ4v) is 3.05. The summed E-state index contributed by atoms with van der Waals surface area (Å²) >= 11 is 0. The lowest BCUT2D eigenvalue weighted by Crippen LogP contribution is -2.47. The van der Waals surface area contributed by atoms with Crippen molar-refractivity contribution in [3.63, 3.8) is 0 Å². The van der Waals surface area contributed by atoms with E-state index in [1.807, 2.05) is 26.0 Å². The van der Waals surface area contributed by atoms with Crippen LogP contribution in [0.3, 0.4) is 0 Å². The van der Waals surface area contributed by atoms with Crippen molar-refractivity contribution in [1.29, 1.82) is 0 Å². The molecule has 0 aliphatic carbocycles. The van der Waals surface area contributed by atoms with Gasteiger partial charge < -0.3 is 36.7 Å².